The minimum absolute atomic E-state index is 0.221. The van der Waals surface area contributed by atoms with Crippen LogP contribution in [-0.2, 0) is 6.42 Å². The van der Waals surface area contributed by atoms with Crippen LogP contribution in [0.15, 0.2) is 30.3 Å². The first-order valence-electron chi connectivity index (χ1n) is 7.37. The third-order valence-corrected chi connectivity index (χ3v) is 4.03. The number of amides is 1. The molecule has 2 aromatic rings. The highest BCUT2D eigenvalue weighted by Gasteiger charge is 2.36. The maximum Gasteiger partial charge on any atom is 0.274 e. The summed E-state index contributed by atoms with van der Waals surface area (Å²) >= 11 is 0. The lowest BCUT2D eigenvalue weighted by Gasteiger charge is -2.23. The third-order valence-electron chi connectivity index (χ3n) is 4.03. The van der Waals surface area contributed by atoms with Gasteiger partial charge in [0.15, 0.2) is 0 Å². The molecule has 22 heavy (non-hydrogen) atoms. The van der Waals surface area contributed by atoms with Gasteiger partial charge >= 0.3 is 0 Å². The molecule has 3 rings (SSSR count). The topological polar surface area (TPSA) is 69.2 Å². The van der Waals surface area contributed by atoms with Gasteiger partial charge in [-0.3, -0.25) is 9.89 Å². The Labute approximate surface area is 127 Å². The van der Waals surface area contributed by atoms with Crippen LogP contribution in [0.25, 0.3) is 0 Å². The van der Waals surface area contributed by atoms with Crippen LogP contribution >= 0.6 is 0 Å². The monoisotopic (exact) mass is 303 g/mol. The van der Waals surface area contributed by atoms with E-state index < -0.39 is 6.10 Å². The SMILES string of the molecule is CCc1cc(C(=O)N2C[C@H](O)C[C@H]2c2ccc(F)cc2)n[nH]1. The van der Waals surface area contributed by atoms with Crippen LogP contribution in [0.2, 0.25) is 0 Å². The van der Waals surface area contributed by atoms with Crippen molar-refractivity contribution < 1.29 is 14.3 Å². The number of aliphatic hydroxyl groups excluding tert-OH is 1. The molecule has 0 unspecified atom stereocenters. The van der Waals surface area contributed by atoms with Crippen molar-refractivity contribution >= 4 is 5.91 Å². The van der Waals surface area contributed by atoms with Gasteiger partial charge in [0.25, 0.3) is 5.91 Å². The van der Waals surface area contributed by atoms with Crippen molar-refractivity contribution in [2.45, 2.75) is 31.9 Å². The maximum absolute atomic E-state index is 13.1. The molecule has 1 fully saturated rings. The Morgan fingerprint density at radius 1 is 1.45 bits per heavy atom. The second kappa shape index (κ2) is 5.88. The zero-order valence-electron chi connectivity index (χ0n) is 12.3. The number of rotatable bonds is 3. The average Bonchev–Trinajstić information content (AvgIpc) is 3.14. The Bertz CT molecular complexity index is 668. The second-order valence-electron chi connectivity index (χ2n) is 5.55. The molecule has 2 atom stereocenters. The van der Waals surface area contributed by atoms with Crippen LogP contribution in [0.1, 0.15) is 41.1 Å². The number of nitrogens with one attached hydrogen (secondary N) is 1. The summed E-state index contributed by atoms with van der Waals surface area (Å²) in [6.45, 7) is 2.23. The van der Waals surface area contributed by atoms with Crippen molar-refractivity contribution in [1.82, 2.24) is 15.1 Å². The maximum atomic E-state index is 13.1. The number of halogens is 1. The predicted molar refractivity (Wildman–Crippen MR) is 78.8 cm³/mol. The van der Waals surface area contributed by atoms with E-state index in [1.165, 1.54) is 12.1 Å². The molecule has 0 spiro atoms. The number of aromatic nitrogens is 2. The Morgan fingerprint density at radius 2 is 2.18 bits per heavy atom. The van der Waals surface area contributed by atoms with E-state index in [0.29, 0.717) is 12.1 Å². The second-order valence-corrected chi connectivity index (χ2v) is 5.55. The lowest BCUT2D eigenvalue weighted by atomic mass is 10.0. The Balaban J connectivity index is 1.86. The van der Waals surface area contributed by atoms with Gasteiger partial charge in [-0.1, -0.05) is 19.1 Å². The standard InChI is InChI=1S/C16H18FN3O2/c1-2-12-7-14(19-18-12)16(22)20-9-13(21)8-15(20)10-3-5-11(17)6-4-10/h3-7,13,15,21H,2,8-9H2,1H3,(H,18,19)/t13-,15+/m1/s1. The molecule has 1 aromatic heterocycles. The first kappa shape index (κ1) is 14.7. The van der Waals surface area contributed by atoms with E-state index in [2.05, 4.69) is 10.2 Å². The molecule has 6 heteroatoms. The minimum atomic E-state index is -0.580. The van der Waals surface area contributed by atoms with Crippen LogP contribution in [-0.4, -0.2) is 38.8 Å². The van der Waals surface area contributed by atoms with E-state index in [1.807, 2.05) is 6.92 Å². The summed E-state index contributed by atoms with van der Waals surface area (Å²) in [6, 6.07) is 7.51. The summed E-state index contributed by atoms with van der Waals surface area (Å²) in [5, 5.41) is 16.8. The summed E-state index contributed by atoms with van der Waals surface area (Å²) in [7, 11) is 0. The number of H-pyrrole nitrogens is 1. The number of benzene rings is 1. The largest absolute Gasteiger partial charge is 0.391 e. The first-order chi connectivity index (χ1) is 10.6. The van der Waals surface area contributed by atoms with E-state index in [0.717, 1.165) is 17.7 Å². The molecule has 1 aliphatic heterocycles. The molecule has 0 radical (unpaired) electrons. The normalized spacial score (nSPS) is 21.3. The number of carbonyl (C=O) groups is 1. The Hall–Kier alpha value is -2.21. The van der Waals surface area contributed by atoms with E-state index >= 15 is 0 Å². The zero-order valence-corrected chi connectivity index (χ0v) is 12.3. The number of likely N-dealkylation sites (tertiary alicyclic amines) is 1. The Kier molecular flexibility index (Phi) is 3.94. The molecule has 1 aliphatic rings. The van der Waals surface area contributed by atoms with E-state index in [9.17, 15) is 14.3 Å². The molecule has 0 aliphatic carbocycles. The van der Waals surface area contributed by atoms with Gasteiger partial charge in [0.1, 0.15) is 11.5 Å². The number of hydrogen-bond acceptors (Lipinski definition) is 3. The molecule has 116 valence electrons. The van der Waals surface area contributed by atoms with Crippen molar-refractivity contribution in [2.24, 2.45) is 0 Å². The molecular weight excluding hydrogens is 285 g/mol. The number of carbonyl (C=O) groups excluding carboxylic acids is 1. The number of nitrogens with zero attached hydrogens (tertiary/aromatic N) is 2. The molecule has 2 N–H and O–H groups in total. The fraction of sp³-hybridized carbons (Fsp3) is 0.375. The number of aryl methyl sites for hydroxylation is 1. The highest BCUT2D eigenvalue weighted by atomic mass is 19.1. The van der Waals surface area contributed by atoms with Crippen LogP contribution in [0.5, 0.6) is 0 Å². The zero-order chi connectivity index (χ0) is 15.7. The van der Waals surface area contributed by atoms with Crippen molar-refractivity contribution in [3.05, 3.63) is 53.1 Å². The van der Waals surface area contributed by atoms with Gasteiger partial charge in [0.2, 0.25) is 0 Å². The first-order valence-corrected chi connectivity index (χ1v) is 7.37. The van der Waals surface area contributed by atoms with Gasteiger partial charge in [-0.2, -0.15) is 5.10 Å². The fourth-order valence-corrected chi connectivity index (χ4v) is 2.84. The molecule has 1 amide bonds. The molecule has 1 saturated heterocycles. The highest BCUT2D eigenvalue weighted by molar-refractivity contribution is 5.93. The van der Waals surface area contributed by atoms with Crippen LogP contribution in [0.3, 0.4) is 0 Å². The molecular formula is C16H18FN3O2. The number of aromatic amines is 1. The van der Waals surface area contributed by atoms with Gasteiger partial charge in [0.05, 0.1) is 12.1 Å². The van der Waals surface area contributed by atoms with Gasteiger partial charge in [0, 0.05) is 12.2 Å². The predicted octanol–water partition coefficient (Wildman–Crippen LogP) is 2.06. The number of hydrogen-bond donors (Lipinski definition) is 2. The van der Waals surface area contributed by atoms with Gasteiger partial charge < -0.3 is 10.0 Å². The highest BCUT2D eigenvalue weighted by Crippen LogP contribution is 2.33. The average molecular weight is 303 g/mol. The summed E-state index contributed by atoms with van der Waals surface area (Å²) in [5.41, 5.74) is 2.05. The van der Waals surface area contributed by atoms with Crippen molar-refractivity contribution in [3.8, 4) is 0 Å². The molecule has 1 aromatic carbocycles. The van der Waals surface area contributed by atoms with Gasteiger partial charge in [-0.05, 0) is 36.6 Å². The lowest BCUT2D eigenvalue weighted by Crippen LogP contribution is -2.32. The fourth-order valence-electron chi connectivity index (χ4n) is 2.84. The van der Waals surface area contributed by atoms with Crippen LogP contribution in [0.4, 0.5) is 4.39 Å². The lowest BCUT2D eigenvalue weighted by molar-refractivity contribution is 0.0710. The Morgan fingerprint density at radius 3 is 2.82 bits per heavy atom. The molecule has 5 nitrogen and oxygen atoms in total. The van der Waals surface area contributed by atoms with Crippen molar-refractivity contribution in [2.75, 3.05) is 6.54 Å². The number of aliphatic hydroxyl groups is 1. The smallest absolute Gasteiger partial charge is 0.274 e. The molecule has 2 heterocycles. The van der Waals surface area contributed by atoms with E-state index in [-0.39, 0.29) is 24.3 Å². The minimum Gasteiger partial charge on any atom is -0.391 e. The van der Waals surface area contributed by atoms with E-state index in [4.69, 9.17) is 0 Å². The van der Waals surface area contributed by atoms with Crippen LogP contribution in [0, 0.1) is 5.82 Å². The molecule has 0 saturated carbocycles. The summed E-state index contributed by atoms with van der Waals surface area (Å²) < 4.78 is 13.1. The van der Waals surface area contributed by atoms with Gasteiger partial charge in [-0.25, -0.2) is 4.39 Å². The molecule has 0 bridgehead atoms. The van der Waals surface area contributed by atoms with Crippen LogP contribution < -0.4 is 0 Å². The number of β-amino-alcohol motifs (C(OH)–C–C–N with tert-alkyl or cyclic N) is 1. The summed E-state index contributed by atoms with van der Waals surface area (Å²) in [5.74, 6) is -0.540. The summed E-state index contributed by atoms with van der Waals surface area (Å²) in [4.78, 5) is 14.2. The quantitative estimate of drug-likeness (QED) is 0.912. The summed E-state index contributed by atoms with van der Waals surface area (Å²) in [6.07, 6.45) is 0.635. The van der Waals surface area contributed by atoms with Crippen molar-refractivity contribution in [1.29, 1.82) is 0 Å². The van der Waals surface area contributed by atoms with Crippen molar-refractivity contribution in [3.63, 3.8) is 0 Å². The van der Waals surface area contributed by atoms with E-state index in [1.54, 1.807) is 23.1 Å². The van der Waals surface area contributed by atoms with Gasteiger partial charge in [-0.15, -0.1) is 0 Å². The third kappa shape index (κ3) is 2.74.